The summed E-state index contributed by atoms with van der Waals surface area (Å²) < 4.78 is 5.04. The molecule has 2 aromatic heterocycles. The monoisotopic (exact) mass is 283 g/mol. The molecule has 0 bridgehead atoms. The molecule has 0 aromatic carbocycles. The number of carbonyl (C=O) groups excluding carboxylic acids is 1. The van der Waals surface area contributed by atoms with Crippen molar-refractivity contribution in [2.45, 2.75) is 0 Å². The number of nitrogens with zero attached hydrogens (tertiary/aromatic N) is 2. The summed E-state index contributed by atoms with van der Waals surface area (Å²) in [6.07, 6.45) is 3.07. The molecule has 106 valence electrons. The lowest BCUT2D eigenvalue weighted by atomic mass is 10.2. The quantitative estimate of drug-likeness (QED) is 0.823. The van der Waals surface area contributed by atoms with Crippen molar-refractivity contribution in [2.75, 3.05) is 19.0 Å². The first kappa shape index (κ1) is 14.5. The van der Waals surface area contributed by atoms with Crippen molar-refractivity contribution >= 4 is 11.7 Å². The molecule has 0 spiro atoms. The lowest BCUT2D eigenvalue weighted by molar-refractivity contribution is 0.102. The second-order valence-electron chi connectivity index (χ2n) is 3.90. The summed E-state index contributed by atoms with van der Waals surface area (Å²) in [5.41, 5.74) is 0.959. The van der Waals surface area contributed by atoms with E-state index in [1.807, 2.05) is 0 Å². The molecule has 0 radical (unpaired) electrons. The Morgan fingerprint density at radius 3 is 3.00 bits per heavy atom. The summed E-state index contributed by atoms with van der Waals surface area (Å²) in [6, 6.07) is 6.55. The van der Waals surface area contributed by atoms with Crippen molar-refractivity contribution in [3.05, 3.63) is 47.8 Å². The zero-order chi connectivity index (χ0) is 15.1. The number of hydrogen-bond acceptors (Lipinski definition) is 5. The summed E-state index contributed by atoms with van der Waals surface area (Å²) >= 11 is 0. The molecule has 6 heteroatoms. The molecule has 0 aliphatic rings. The van der Waals surface area contributed by atoms with Gasteiger partial charge in [-0.1, -0.05) is 11.8 Å². The second-order valence-corrected chi connectivity index (χ2v) is 3.90. The zero-order valence-electron chi connectivity index (χ0n) is 11.3. The Hall–Kier alpha value is -2.91. The van der Waals surface area contributed by atoms with E-state index in [9.17, 15) is 4.79 Å². The molecule has 2 aromatic rings. The lowest BCUT2D eigenvalue weighted by Gasteiger charge is -2.07. The Balaban J connectivity index is 2.20. The Morgan fingerprint density at radius 1 is 1.38 bits per heavy atom. The molecule has 0 atom stereocenters. The van der Waals surface area contributed by atoms with Gasteiger partial charge in [-0.05, 0) is 24.3 Å². The van der Waals surface area contributed by atoms with Gasteiger partial charge in [-0.2, -0.15) is 0 Å². The van der Waals surface area contributed by atoms with Gasteiger partial charge in [-0.15, -0.1) is 0 Å². The lowest BCUT2D eigenvalue weighted by Crippen LogP contribution is -2.14. The molecule has 21 heavy (non-hydrogen) atoms. The fraction of sp³-hybridized carbons (Fsp3) is 0.133. The van der Waals surface area contributed by atoms with Gasteiger partial charge < -0.3 is 15.2 Å². The van der Waals surface area contributed by atoms with Crippen molar-refractivity contribution in [2.24, 2.45) is 0 Å². The first-order valence-electron chi connectivity index (χ1n) is 6.10. The highest BCUT2D eigenvalue weighted by Gasteiger charge is 2.13. The van der Waals surface area contributed by atoms with Crippen LogP contribution in [0.4, 0.5) is 5.82 Å². The van der Waals surface area contributed by atoms with E-state index in [4.69, 9.17) is 9.84 Å². The van der Waals surface area contributed by atoms with E-state index in [1.54, 1.807) is 30.5 Å². The van der Waals surface area contributed by atoms with Crippen LogP contribution in [-0.2, 0) is 0 Å². The van der Waals surface area contributed by atoms with Crippen LogP contribution in [0, 0.1) is 11.8 Å². The second kappa shape index (κ2) is 7.03. The van der Waals surface area contributed by atoms with Crippen LogP contribution in [0.1, 0.15) is 15.9 Å². The van der Waals surface area contributed by atoms with Gasteiger partial charge in [0.15, 0.2) is 0 Å². The third-order valence-corrected chi connectivity index (χ3v) is 2.52. The number of rotatable bonds is 3. The minimum absolute atomic E-state index is 0.225. The van der Waals surface area contributed by atoms with Crippen LogP contribution < -0.4 is 10.1 Å². The molecule has 0 saturated heterocycles. The largest absolute Gasteiger partial charge is 0.480 e. The van der Waals surface area contributed by atoms with Gasteiger partial charge in [0.25, 0.3) is 5.91 Å². The third kappa shape index (κ3) is 3.78. The first-order valence-corrected chi connectivity index (χ1v) is 6.10. The normalized spacial score (nSPS) is 9.43. The molecule has 0 fully saturated rings. The predicted molar refractivity (Wildman–Crippen MR) is 76.9 cm³/mol. The zero-order valence-corrected chi connectivity index (χ0v) is 11.3. The highest BCUT2D eigenvalue weighted by Crippen LogP contribution is 2.15. The highest BCUT2D eigenvalue weighted by atomic mass is 16.5. The molecule has 0 aliphatic heterocycles. The van der Waals surface area contributed by atoms with Gasteiger partial charge in [-0.25, -0.2) is 9.97 Å². The molecule has 6 nitrogen and oxygen atoms in total. The van der Waals surface area contributed by atoms with Crippen LogP contribution in [0.15, 0.2) is 36.7 Å². The number of methoxy groups -OCH3 is 1. The van der Waals surface area contributed by atoms with Gasteiger partial charge in [0.1, 0.15) is 18.0 Å². The van der Waals surface area contributed by atoms with Crippen LogP contribution in [0.25, 0.3) is 0 Å². The molecule has 0 aliphatic carbocycles. The average Bonchev–Trinajstić information content (AvgIpc) is 2.53. The number of pyridine rings is 2. The summed E-state index contributed by atoms with van der Waals surface area (Å²) in [6.45, 7) is -0.225. The number of nitrogens with one attached hydrogen (secondary N) is 1. The predicted octanol–water partition coefficient (Wildman–Crippen LogP) is 1.08. The highest BCUT2D eigenvalue weighted by molar-refractivity contribution is 6.05. The molecule has 1 amide bonds. The number of ether oxygens (including phenoxy) is 1. The Kier molecular flexibility index (Phi) is 4.85. The van der Waals surface area contributed by atoms with Gasteiger partial charge in [-0.3, -0.25) is 4.79 Å². The van der Waals surface area contributed by atoms with Crippen LogP contribution in [0.5, 0.6) is 5.88 Å². The van der Waals surface area contributed by atoms with Gasteiger partial charge in [0.2, 0.25) is 5.88 Å². The number of hydrogen-bond donors (Lipinski definition) is 2. The number of aliphatic hydroxyl groups is 1. The number of anilines is 1. The van der Waals surface area contributed by atoms with Crippen molar-refractivity contribution in [3.63, 3.8) is 0 Å². The van der Waals surface area contributed by atoms with Crippen molar-refractivity contribution in [1.82, 2.24) is 9.97 Å². The topological polar surface area (TPSA) is 84.3 Å². The van der Waals surface area contributed by atoms with Crippen LogP contribution in [0.3, 0.4) is 0 Å². The molecule has 2 N–H and O–H groups in total. The summed E-state index contributed by atoms with van der Waals surface area (Å²) in [5.74, 6) is 5.50. The van der Waals surface area contributed by atoms with Crippen LogP contribution in [-0.4, -0.2) is 34.7 Å². The Morgan fingerprint density at radius 2 is 2.24 bits per heavy atom. The van der Waals surface area contributed by atoms with E-state index in [-0.39, 0.29) is 18.4 Å². The van der Waals surface area contributed by atoms with Gasteiger partial charge in [0.05, 0.1) is 7.11 Å². The van der Waals surface area contributed by atoms with E-state index in [0.29, 0.717) is 16.9 Å². The molecule has 2 heterocycles. The van der Waals surface area contributed by atoms with Gasteiger partial charge >= 0.3 is 0 Å². The average molecular weight is 283 g/mol. The van der Waals surface area contributed by atoms with E-state index < -0.39 is 0 Å². The van der Waals surface area contributed by atoms with E-state index in [0.717, 1.165) is 0 Å². The molecule has 0 saturated carbocycles. The van der Waals surface area contributed by atoms with Crippen LogP contribution >= 0.6 is 0 Å². The maximum Gasteiger partial charge on any atom is 0.262 e. The maximum absolute atomic E-state index is 12.2. The number of carbonyl (C=O) groups is 1. The fourth-order valence-electron chi connectivity index (χ4n) is 1.63. The van der Waals surface area contributed by atoms with Gasteiger partial charge in [0, 0.05) is 18.0 Å². The molecule has 2 rings (SSSR count). The summed E-state index contributed by atoms with van der Waals surface area (Å²) in [7, 11) is 1.45. The SMILES string of the molecule is COc1ncccc1C(=O)Nc1cc(C#CCO)ccn1. The van der Waals surface area contributed by atoms with E-state index >= 15 is 0 Å². The molecular formula is C15H13N3O3. The van der Waals surface area contributed by atoms with E-state index in [2.05, 4.69) is 27.1 Å². The maximum atomic E-state index is 12.2. The molecular weight excluding hydrogens is 270 g/mol. The smallest absolute Gasteiger partial charge is 0.262 e. The Labute approximate surface area is 121 Å². The Bertz CT molecular complexity index is 705. The first-order chi connectivity index (χ1) is 10.2. The number of aliphatic hydroxyl groups excluding tert-OH is 1. The van der Waals surface area contributed by atoms with Crippen molar-refractivity contribution in [1.29, 1.82) is 0 Å². The minimum Gasteiger partial charge on any atom is -0.480 e. The minimum atomic E-state index is -0.375. The third-order valence-electron chi connectivity index (χ3n) is 2.52. The standard InChI is InChI=1S/C15H13N3O3/c1-21-15-12(5-2-7-17-15)14(20)18-13-10-11(4-3-9-19)6-8-16-13/h2,5-8,10,19H,9H2,1H3,(H,16,18,20). The van der Waals surface area contributed by atoms with Crippen molar-refractivity contribution in [3.8, 4) is 17.7 Å². The molecule has 0 unspecified atom stereocenters. The summed E-state index contributed by atoms with van der Waals surface area (Å²) in [4.78, 5) is 20.2. The van der Waals surface area contributed by atoms with Crippen molar-refractivity contribution < 1.29 is 14.6 Å². The fourth-order valence-corrected chi connectivity index (χ4v) is 1.63. The number of amides is 1. The van der Waals surface area contributed by atoms with E-state index in [1.165, 1.54) is 13.3 Å². The van der Waals surface area contributed by atoms with Crippen LogP contribution in [0.2, 0.25) is 0 Å². The number of aromatic nitrogens is 2. The summed E-state index contributed by atoms with van der Waals surface area (Å²) in [5, 5.41) is 11.3.